The molecule has 0 bridgehead atoms. The molecule has 0 aliphatic rings. The molecule has 28 heavy (non-hydrogen) atoms. The summed E-state index contributed by atoms with van der Waals surface area (Å²) in [4.78, 5) is 12.6. The quantitative estimate of drug-likeness (QED) is 0.540. The van der Waals surface area contributed by atoms with Crippen molar-refractivity contribution in [1.29, 1.82) is 0 Å². The number of amides is 1. The minimum absolute atomic E-state index is 0.288. The first-order valence-electron chi connectivity index (χ1n) is 8.92. The third-order valence-electron chi connectivity index (χ3n) is 4.32. The average Bonchev–Trinajstić information content (AvgIpc) is 3.12. The Labute approximate surface area is 162 Å². The highest BCUT2D eigenvalue weighted by molar-refractivity contribution is 6.03. The van der Waals surface area contributed by atoms with Gasteiger partial charge in [0.1, 0.15) is 0 Å². The van der Waals surface area contributed by atoms with E-state index in [0.717, 1.165) is 17.1 Å². The Morgan fingerprint density at radius 3 is 2.04 bits per heavy atom. The van der Waals surface area contributed by atoms with E-state index in [4.69, 9.17) is 0 Å². The average molecular weight is 369 g/mol. The summed E-state index contributed by atoms with van der Waals surface area (Å²) in [6.45, 7) is 1.83. The third-order valence-corrected chi connectivity index (χ3v) is 4.32. The van der Waals surface area contributed by atoms with Gasteiger partial charge in [0.15, 0.2) is 5.69 Å². The van der Waals surface area contributed by atoms with Gasteiger partial charge in [-0.3, -0.25) is 4.79 Å². The van der Waals surface area contributed by atoms with Crippen LogP contribution in [-0.2, 0) is 0 Å². The summed E-state index contributed by atoms with van der Waals surface area (Å²) in [5, 5.41) is 14.3. The predicted molar refractivity (Wildman–Crippen MR) is 110 cm³/mol. The standard InChI is InChI=1S/C22H19N5O/c1-16-21(25-26-27(16)20-10-6-3-7-11-20)22(28)24-19-14-12-18(13-15-19)23-17-8-4-2-5-9-17/h2-15,23H,1H3,(H,24,28). The number of benzene rings is 3. The number of anilines is 3. The van der Waals surface area contributed by atoms with Crippen molar-refractivity contribution < 1.29 is 4.79 Å². The van der Waals surface area contributed by atoms with Gasteiger partial charge in [-0.25, -0.2) is 4.68 Å². The number of rotatable bonds is 5. The molecule has 0 saturated carbocycles. The predicted octanol–water partition coefficient (Wildman–Crippen LogP) is 4.57. The van der Waals surface area contributed by atoms with Crippen molar-refractivity contribution in [2.45, 2.75) is 6.92 Å². The molecular weight excluding hydrogens is 350 g/mol. The number of hydrogen-bond acceptors (Lipinski definition) is 4. The molecule has 0 spiro atoms. The second kappa shape index (κ2) is 7.75. The van der Waals surface area contributed by atoms with Gasteiger partial charge in [-0.05, 0) is 55.5 Å². The van der Waals surface area contributed by atoms with Gasteiger partial charge in [-0.1, -0.05) is 41.6 Å². The van der Waals surface area contributed by atoms with Gasteiger partial charge in [0, 0.05) is 17.1 Å². The Morgan fingerprint density at radius 1 is 0.786 bits per heavy atom. The van der Waals surface area contributed by atoms with E-state index in [2.05, 4.69) is 20.9 Å². The molecule has 138 valence electrons. The van der Waals surface area contributed by atoms with Gasteiger partial charge in [0.25, 0.3) is 5.91 Å². The van der Waals surface area contributed by atoms with E-state index in [1.54, 1.807) is 4.68 Å². The second-order valence-electron chi connectivity index (χ2n) is 6.29. The Balaban J connectivity index is 1.46. The lowest BCUT2D eigenvalue weighted by Crippen LogP contribution is -2.14. The van der Waals surface area contributed by atoms with E-state index in [1.165, 1.54) is 0 Å². The van der Waals surface area contributed by atoms with Gasteiger partial charge in [-0.2, -0.15) is 0 Å². The molecular formula is C22H19N5O. The van der Waals surface area contributed by atoms with Crippen LogP contribution in [0.2, 0.25) is 0 Å². The summed E-state index contributed by atoms with van der Waals surface area (Å²) in [5.41, 5.74) is 4.49. The van der Waals surface area contributed by atoms with Crippen LogP contribution in [-0.4, -0.2) is 20.9 Å². The van der Waals surface area contributed by atoms with Crippen molar-refractivity contribution in [2.24, 2.45) is 0 Å². The van der Waals surface area contributed by atoms with Crippen molar-refractivity contribution in [3.8, 4) is 5.69 Å². The van der Waals surface area contributed by atoms with Crippen molar-refractivity contribution >= 4 is 23.0 Å². The van der Waals surface area contributed by atoms with Crippen molar-refractivity contribution in [3.05, 3.63) is 96.3 Å². The molecule has 0 atom stereocenters. The van der Waals surface area contributed by atoms with E-state index >= 15 is 0 Å². The van der Waals surface area contributed by atoms with Crippen molar-refractivity contribution in [1.82, 2.24) is 15.0 Å². The summed E-state index contributed by atoms with van der Waals surface area (Å²) in [7, 11) is 0. The molecule has 1 heterocycles. The molecule has 3 aromatic carbocycles. The molecule has 0 unspecified atom stereocenters. The topological polar surface area (TPSA) is 71.8 Å². The number of carbonyl (C=O) groups is 1. The minimum atomic E-state index is -0.288. The van der Waals surface area contributed by atoms with E-state index in [1.807, 2.05) is 91.9 Å². The number of carbonyl (C=O) groups excluding carboxylic acids is 1. The fourth-order valence-electron chi connectivity index (χ4n) is 2.87. The first kappa shape index (κ1) is 17.5. The summed E-state index contributed by atoms with van der Waals surface area (Å²) in [6, 6.07) is 27.0. The normalized spacial score (nSPS) is 10.5. The molecule has 0 fully saturated rings. The molecule has 1 aromatic heterocycles. The first-order chi connectivity index (χ1) is 13.7. The molecule has 0 saturated heterocycles. The number of hydrogen-bond donors (Lipinski definition) is 2. The van der Waals surface area contributed by atoms with E-state index in [-0.39, 0.29) is 5.91 Å². The smallest absolute Gasteiger partial charge is 0.278 e. The molecule has 2 N–H and O–H groups in total. The lowest BCUT2D eigenvalue weighted by Gasteiger charge is -2.08. The Bertz CT molecular complexity index is 1070. The molecule has 1 amide bonds. The molecule has 6 nitrogen and oxygen atoms in total. The van der Waals surface area contributed by atoms with E-state index in [9.17, 15) is 4.79 Å². The Hall–Kier alpha value is -3.93. The molecule has 0 aliphatic heterocycles. The van der Waals surface area contributed by atoms with Gasteiger partial charge >= 0.3 is 0 Å². The van der Waals surface area contributed by atoms with Gasteiger partial charge < -0.3 is 10.6 Å². The highest BCUT2D eigenvalue weighted by atomic mass is 16.2. The highest BCUT2D eigenvalue weighted by Gasteiger charge is 2.17. The largest absolute Gasteiger partial charge is 0.356 e. The van der Waals surface area contributed by atoms with Gasteiger partial charge in [0.05, 0.1) is 11.4 Å². The summed E-state index contributed by atoms with van der Waals surface area (Å²) in [6.07, 6.45) is 0. The lowest BCUT2D eigenvalue weighted by molar-refractivity contribution is 0.102. The van der Waals surface area contributed by atoms with Gasteiger partial charge in [-0.15, -0.1) is 5.10 Å². The Morgan fingerprint density at radius 2 is 1.36 bits per heavy atom. The van der Waals surface area contributed by atoms with Crippen LogP contribution in [0.3, 0.4) is 0 Å². The highest BCUT2D eigenvalue weighted by Crippen LogP contribution is 2.19. The van der Waals surface area contributed by atoms with Crippen LogP contribution in [0, 0.1) is 6.92 Å². The van der Waals surface area contributed by atoms with Crippen LogP contribution < -0.4 is 10.6 Å². The lowest BCUT2D eigenvalue weighted by atomic mass is 10.2. The number of nitrogens with one attached hydrogen (secondary N) is 2. The zero-order valence-electron chi connectivity index (χ0n) is 15.3. The molecule has 4 rings (SSSR count). The Kier molecular flexibility index (Phi) is 4.84. The van der Waals surface area contributed by atoms with Gasteiger partial charge in [0.2, 0.25) is 0 Å². The molecule has 4 aromatic rings. The number of para-hydroxylation sites is 2. The maximum atomic E-state index is 12.6. The van der Waals surface area contributed by atoms with Crippen LogP contribution in [0.25, 0.3) is 5.69 Å². The molecule has 0 radical (unpaired) electrons. The van der Waals surface area contributed by atoms with Crippen LogP contribution >= 0.6 is 0 Å². The zero-order chi connectivity index (χ0) is 19.3. The fourth-order valence-corrected chi connectivity index (χ4v) is 2.87. The third kappa shape index (κ3) is 3.76. The second-order valence-corrected chi connectivity index (χ2v) is 6.29. The van der Waals surface area contributed by atoms with Crippen molar-refractivity contribution in [3.63, 3.8) is 0 Å². The summed E-state index contributed by atoms with van der Waals surface area (Å²) < 4.78 is 1.65. The summed E-state index contributed by atoms with van der Waals surface area (Å²) >= 11 is 0. The monoisotopic (exact) mass is 369 g/mol. The van der Waals surface area contributed by atoms with Crippen LogP contribution in [0.15, 0.2) is 84.9 Å². The SMILES string of the molecule is Cc1c(C(=O)Nc2ccc(Nc3ccccc3)cc2)nnn1-c1ccccc1. The zero-order valence-corrected chi connectivity index (χ0v) is 15.3. The van der Waals surface area contributed by atoms with Crippen LogP contribution in [0.4, 0.5) is 17.1 Å². The van der Waals surface area contributed by atoms with Crippen LogP contribution in [0.1, 0.15) is 16.2 Å². The van der Waals surface area contributed by atoms with Crippen molar-refractivity contribution in [2.75, 3.05) is 10.6 Å². The number of aromatic nitrogens is 3. The minimum Gasteiger partial charge on any atom is -0.356 e. The maximum absolute atomic E-state index is 12.6. The first-order valence-corrected chi connectivity index (χ1v) is 8.92. The van der Waals surface area contributed by atoms with Crippen LogP contribution in [0.5, 0.6) is 0 Å². The molecule has 6 heteroatoms. The van der Waals surface area contributed by atoms with E-state index < -0.39 is 0 Å². The maximum Gasteiger partial charge on any atom is 0.278 e. The molecule has 0 aliphatic carbocycles. The van der Waals surface area contributed by atoms with E-state index in [0.29, 0.717) is 17.1 Å². The summed E-state index contributed by atoms with van der Waals surface area (Å²) in [5.74, 6) is -0.288. The number of nitrogens with zero attached hydrogens (tertiary/aromatic N) is 3. The fraction of sp³-hybridized carbons (Fsp3) is 0.0455.